The van der Waals surface area contributed by atoms with Crippen molar-refractivity contribution in [1.29, 1.82) is 0 Å². The second kappa shape index (κ2) is 3.06. The number of nitrogens with one attached hydrogen (secondary N) is 1. The standard InChI is InChI=1S/C6H8N6.ClH/c1-2-9-3-4(7)11-6(8)12-5(3)10-2;/h1H3,(H5,7,8,9,10,11,12);1H. The van der Waals surface area contributed by atoms with Crippen LogP contribution in [0.5, 0.6) is 0 Å². The number of H-pyrrole nitrogens is 1. The van der Waals surface area contributed by atoms with Crippen LogP contribution < -0.4 is 11.5 Å². The molecule has 0 saturated heterocycles. The molecule has 0 aliphatic carbocycles. The Morgan fingerprint density at radius 3 is 2.54 bits per heavy atom. The highest BCUT2D eigenvalue weighted by Crippen LogP contribution is 2.14. The van der Waals surface area contributed by atoms with Crippen molar-refractivity contribution in [2.45, 2.75) is 6.92 Å². The van der Waals surface area contributed by atoms with E-state index in [1.54, 1.807) is 0 Å². The molecule has 2 rings (SSSR count). The van der Waals surface area contributed by atoms with E-state index in [0.29, 0.717) is 17.0 Å². The fraction of sp³-hybridized carbons (Fsp3) is 0.167. The van der Waals surface area contributed by atoms with Gasteiger partial charge in [0.15, 0.2) is 11.5 Å². The van der Waals surface area contributed by atoms with Crippen molar-refractivity contribution < 1.29 is 0 Å². The van der Waals surface area contributed by atoms with Gasteiger partial charge in [-0.05, 0) is 6.92 Å². The summed E-state index contributed by atoms with van der Waals surface area (Å²) >= 11 is 0. The van der Waals surface area contributed by atoms with Crippen LogP contribution in [0.15, 0.2) is 0 Å². The van der Waals surface area contributed by atoms with Gasteiger partial charge in [0.1, 0.15) is 11.3 Å². The second-order valence-corrected chi connectivity index (χ2v) is 2.49. The Balaban J connectivity index is 0.000000845. The van der Waals surface area contributed by atoms with E-state index in [2.05, 4.69) is 19.9 Å². The number of aromatic nitrogens is 4. The molecule has 0 bridgehead atoms. The number of aromatic amines is 1. The van der Waals surface area contributed by atoms with Gasteiger partial charge >= 0.3 is 0 Å². The lowest BCUT2D eigenvalue weighted by Gasteiger charge is -1.94. The zero-order chi connectivity index (χ0) is 8.72. The first-order valence-electron chi connectivity index (χ1n) is 3.42. The molecule has 0 aliphatic heterocycles. The van der Waals surface area contributed by atoms with Crippen molar-refractivity contribution in [1.82, 2.24) is 19.9 Å². The number of hydrogen-bond acceptors (Lipinski definition) is 5. The van der Waals surface area contributed by atoms with Crippen LogP contribution in [0.3, 0.4) is 0 Å². The van der Waals surface area contributed by atoms with E-state index in [0.717, 1.165) is 5.82 Å². The summed E-state index contributed by atoms with van der Waals surface area (Å²) in [5.41, 5.74) is 12.1. The zero-order valence-electron chi connectivity index (χ0n) is 6.90. The highest BCUT2D eigenvalue weighted by atomic mass is 35.5. The normalized spacial score (nSPS) is 9.92. The Morgan fingerprint density at radius 2 is 1.85 bits per heavy atom. The maximum Gasteiger partial charge on any atom is 0.224 e. The largest absolute Gasteiger partial charge is 0.382 e. The van der Waals surface area contributed by atoms with E-state index >= 15 is 0 Å². The summed E-state index contributed by atoms with van der Waals surface area (Å²) < 4.78 is 0. The van der Waals surface area contributed by atoms with Crippen LogP contribution in [0, 0.1) is 6.92 Å². The quantitative estimate of drug-likeness (QED) is 0.565. The third-order valence-electron chi connectivity index (χ3n) is 1.51. The monoisotopic (exact) mass is 200 g/mol. The number of fused-ring (bicyclic) bond motifs is 1. The molecular formula is C6H9ClN6. The molecule has 13 heavy (non-hydrogen) atoms. The summed E-state index contributed by atoms with van der Waals surface area (Å²) in [5.74, 6) is 1.22. The molecule has 0 saturated carbocycles. The van der Waals surface area contributed by atoms with Crippen LogP contribution >= 0.6 is 12.4 Å². The summed E-state index contributed by atoms with van der Waals surface area (Å²) in [6.07, 6.45) is 0. The first kappa shape index (κ1) is 9.53. The second-order valence-electron chi connectivity index (χ2n) is 2.49. The van der Waals surface area contributed by atoms with Gasteiger partial charge in [0.2, 0.25) is 5.95 Å². The number of halogens is 1. The predicted molar refractivity (Wildman–Crippen MR) is 52.5 cm³/mol. The van der Waals surface area contributed by atoms with Crippen molar-refractivity contribution in [2.75, 3.05) is 11.5 Å². The van der Waals surface area contributed by atoms with Gasteiger partial charge in [0.25, 0.3) is 0 Å². The fourth-order valence-corrected chi connectivity index (χ4v) is 1.05. The Bertz CT molecular complexity index is 436. The average Bonchev–Trinajstić information content (AvgIpc) is 2.29. The van der Waals surface area contributed by atoms with Gasteiger partial charge in [-0.15, -0.1) is 12.4 Å². The Kier molecular flexibility index (Phi) is 2.24. The van der Waals surface area contributed by atoms with E-state index in [1.165, 1.54) is 0 Å². The summed E-state index contributed by atoms with van der Waals surface area (Å²) in [6, 6.07) is 0. The van der Waals surface area contributed by atoms with E-state index < -0.39 is 0 Å². The maximum absolute atomic E-state index is 5.57. The Hall–Kier alpha value is -1.56. The number of nitrogens with two attached hydrogens (primary N) is 2. The molecule has 7 heteroatoms. The van der Waals surface area contributed by atoms with E-state index in [9.17, 15) is 0 Å². The lowest BCUT2D eigenvalue weighted by Crippen LogP contribution is -1.99. The van der Waals surface area contributed by atoms with Crippen LogP contribution in [-0.2, 0) is 0 Å². The Morgan fingerprint density at radius 1 is 1.15 bits per heavy atom. The summed E-state index contributed by atoms with van der Waals surface area (Å²) in [5, 5.41) is 0. The summed E-state index contributed by atoms with van der Waals surface area (Å²) in [4.78, 5) is 14.7. The molecule has 0 aromatic carbocycles. The van der Waals surface area contributed by atoms with Crippen LogP contribution in [0.2, 0.25) is 0 Å². The molecular weight excluding hydrogens is 192 g/mol. The minimum absolute atomic E-state index is 0. The molecule has 5 N–H and O–H groups in total. The molecule has 0 aliphatic rings. The van der Waals surface area contributed by atoms with Gasteiger partial charge in [0, 0.05) is 0 Å². The van der Waals surface area contributed by atoms with Crippen LogP contribution in [0.25, 0.3) is 11.2 Å². The highest BCUT2D eigenvalue weighted by molar-refractivity contribution is 5.85. The number of nitrogens with zero attached hydrogens (tertiary/aromatic N) is 3. The van der Waals surface area contributed by atoms with Crippen molar-refractivity contribution in [3.8, 4) is 0 Å². The third-order valence-corrected chi connectivity index (χ3v) is 1.51. The lowest BCUT2D eigenvalue weighted by molar-refractivity contribution is 1.16. The lowest BCUT2D eigenvalue weighted by atomic mass is 10.5. The Labute approximate surface area is 80.2 Å². The third kappa shape index (κ3) is 1.48. The number of anilines is 2. The van der Waals surface area contributed by atoms with Gasteiger partial charge in [0.05, 0.1) is 0 Å². The smallest absolute Gasteiger partial charge is 0.224 e. The molecule has 0 fully saturated rings. The fourth-order valence-electron chi connectivity index (χ4n) is 1.05. The van der Waals surface area contributed by atoms with Crippen molar-refractivity contribution in [2.24, 2.45) is 0 Å². The van der Waals surface area contributed by atoms with Gasteiger partial charge in [-0.2, -0.15) is 9.97 Å². The number of hydrogen-bond donors (Lipinski definition) is 3. The van der Waals surface area contributed by atoms with Crippen molar-refractivity contribution >= 4 is 35.3 Å². The number of nitrogen functional groups attached to an aromatic ring is 2. The molecule has 0 atom stereocenters. The molecule has 2 aromatic rings. The SMILES string of the molecule is Cc1nc2nc(N)nc(N)c2[nH]1.Cl. The minimum atomic E-state index is 0. The minimum Gasteiger partial charge on any atom is -0.382 e. The van der Waals surface area contributed by atoms with Crippen LogP contribution in [0.1, 0.15) is 5.82 Å². The molecule has 0 unspecified atom stereocenters. The maximum atomic E-state index is 5.57. The van der Waals surface area contributed by atoms with Crippen LogP contribution in [0.4, 0.5) is 11.8 Å². The van der Waals surface area contributed by atoms with Gasteiger partial charge < -0.3 is 16.5 Å². The molecule has 2 aromatic heterocycles. The van der Waals surface area contributed by atoms with E-state index in [1.807, 2.05) is 6.92 Å². The molecule has 0 amide bonds. The first-order valence-corrected chi connectivity index (χ1v) is 3.42. The number of aryl methyl sites for hydroxylation is 1. The number of rotatable bonds is 0. The molecule has 0 radical (unpaired) electrons. The van der Waals surface area contributed by atoms with Gasteiger partial charge in [-0.3, -0.25) is 0 Å². The van der Waals surface area contributed by atoms with Crippen LogP contribution in [-0.4, -0.2) is 19.9 Å². The summed E-state index contributed by atoms with van der Waals surface area (Å²) in [6.45, 7) is 1.82. The predicted octanol–water partition coefficient (Wildman–Crippen LogP) is 0.248. The molecule has 70 valence electrons. The van der Waals surface area contributed by atoms with Gasteiger partial charge in [-0.25, -0.2) is 4.98 Å². The molecule has 2 heterocycles. The number of imidazole rings is 1. The van der Waals surface area contributed by atoms with Gasteiger partial charge in [-0.1, -0.05) is 0 Å². The van der Waals surface area contributed by atoms with E-state index in [4.69, 9.17) is 11.5 Å². The highest BCUT2D eigenvalue weighted by Gasteiger charge is 2.06. The molecule has 6 nitrogen and oxygen atoms in total. The first-order chi connectivity index (χ1) is 5.66. The molecule has 0 spiro atoms. The topological polar surface area (TPSA) is 106 Å². The van der Waals surface area contributed by atoms with Crippen molar-refractivity contribution in [3.63, 3.8) is 0 Å². The van der Waals surface area contributed by atoms with Crippen molar-refractivity contribution in [3.05, 3.63) is 5.82 Å². The van der Waals surface area contributed by atoms with E-state index in [-0.39, 0.29) is 18.4 Å². The summed E-state index contributed by atoms with van der Waals surface area (Å²) in [7, 11) is 0. The average molecular weight is 201 g/mol. The zero-order valence-corrected chi connectivity index (χ0v) is 7.72.